The van der Waals surface area contributed by atoms with Gasteiger partial charge in [-0.25, -0.2) is 0 Å². The summed E-state index contributed by atoms with van der Waals surface area (Å²) in [5.41, 5.74) is 2.77. The number of amides is 2. The quantitative estimate of drug-likeness (QED) is 0.672. The molecule has 0 aromatic heterocycles. The summed E-state index contributed by atoms with van der Waals surface area (Å²) in [6.07, 6.45) is -0.00510. The van der Waals surface area contributed by atoms with Crippen LogP contribution < -0.4 is 9.64 Å². The Kier molecular flexibility index (Phi) is 6.49. The van der Waals surface area contributed by atoms with Crippen molar-refractivity contribution in [1.29, 1.82) is 0 Å². The molecule has 0 saturated carbocycles. The molecule has 2 amide bonds. The summed E-state index contributed by atoms with van der Waals surface area (Å²) in [7, 11) is 1.67. The van der Waals surface area contributed by atoms with Crippen LogP contribution in [0.5, 0.6) is 5.75 Å². The molecule has 7 nitrogen and oxygen atoms in total. The number of likely N-dealkylation sites (N-methyl/N-ethyl adjacent to an activating group) is 1. The van der Waals surface area contributed by atoms with E-state index in [9.17, 15) is 14.4 Å². The molecule has 0 spiro atoms. The molecule has 152 valence electrons. The number of rotatable bonds is 7. The molecule has 0 bridgehead atoms. The van der Waals surface area contributed by atoms with E-state index in [-0.39, 0.29) is 38.0 Å². The standard InChI is InChI=1S/C22H24N2O5/c1-16-7-3-4-8-17(16)13-23(2)20(25)14-29-22(27)11-12-24-18-9-5-6-10-19(18)28-15-21(24)26/h3-10H,11-15H2,1-2H3. The molecule has 1 heterocycles. The third-order valence-electron chi connectivity index (χ3n) is 4.80. The van der Waals surface area contributed by atoms with Crippen molar-refractivity contribution in [1.82, 2.24) is 4.90 Å². The van der Waals surface area contributed by atoms with E-state index in [0.29, 0.717) is 18.0 Å². The normalized spacial score (nSPS) is 12.8. The molecule has 1 aliphatic heterocycles. The fourth-order valence-corrected chi connectivity index (χ4v) is 3.06. The Hall–Kier alpha value is -3.35. The molecule has 0 saturated heterocycles. The number of nitrogens with zero attached hydrogens (tertiary/aromatic N) is 2. The Morgan fingerprint density at radius 2 is 1.86 bits per heavy atom. The van der Waals surface area contributed by atoms with Gasteiger partial charge < -0.3 is 19.3 Å². The molecule has 0 aliphatic carbocycles. The molecule has 0 N–H and O–H groups in total. The number of hydrogen-bond donors (Lipinski definition) is 0. The molecule has 0 unspecified atom stereocenters. The van der Waals surface area contributed by atoms with Crippen LogP contribution in [0.3, 0.4) is 0 Å². The maximum atomic E-state index is 12.3. The summed E-state index contributed by atoms with van der Waals surface area (Å²) in [4.78, 5) is 39.5. The van der Waals surface area contributed by atoms with Crippen LogP contribution in [0.25, 0.3) is 0 Å². The monoisotopic (exact) mass is 396 g/mol. The summed E-state index contributed by atoms with van der Waals surface area (Å²) in [6.45, 7) is 2.22. The van der Waals surface area contributed by atoms with Crippen LogP contribution in [-0.2, 0) is 25.7 Å². The highest BCUT2D eigenvalue weighted by Crippen LogP contribution is 2.31. The summed E-state index contributed by atoms with van der Waals surface area (Å²) in [5.74, 6) is -0.423. The highest BCUT2D eigenvalue weighted by Gasteiger charge is 2.25. The lowest BCUT2D eigenvalue weighted by Gasteiger charge is -2.29. The molecule has 0 fully saturated rings. The largest absolute Gasteiger partial charge is 0.482 e. The predicted octanol–water partition coefficient (Wildman–Crippen LogP) is 2.31. The van der Waals surface area contributed by atoms with E-state index in [1.807, 2.05) is 37.3 Å². The van der Waals surface area contributed by atoms with Crippen molar-refractivity contribution in [2.75, 3.05) is 31.7 Å². The van der Waals surface area contributed by atoms with Gasteiger partial charge in [-0.2, -0.15) is 0 Å². The zero-order valence-electron chi connectivity index (χ0n) is 16.6. The van der Waals surface area contributed by atoms with Crippen LogP contribution >= 0.6 is 0 Å². The fraction of sp³-hybridized carbons (Fsp3) is 0.318. The van der Waals surface area contributed by atoms with Crippen LogP contribution in [-0.4, -0.2) is 49.5 Å². The molecule has 3 rings (SSSR count). The van der Waals surface area contributed by atoms with Gasteiger partial charge in [0.25, 0.3) is 11.8 Å². The van der Waals surface area contributed by atoms with Crippen LogP contribution in [0.15, 0.2) is 48.5 Å². The van der Waals surface area contributed by atoms with Crippen molar-refractivity contribution < 1.29 is 23.9 Å². The smallest absolute Gasteiger partial charge is 0.308 e. The lowest BCUT2D eigenvalue weighted by atomic mass is 10.1. The first kappa shape index (κ1) is 20.4. The number of aryl methyl sites for hydroxylation is 1. The van der Waals surface area contributed by atoms with Crippen LogP contribution in [0.4, 0.5) is 5.69 Å². The zero-order valence-corrected chi connectivity index (χ0v) is 16.6. The van der Waals surface area contributed by atoms with Gasteiger partial charge in [-0.3, -0.25) is 14.4 Å². The number of para-hydroxylation sites is 2. The maximum Gasteiger partial charge on any atom is 0.308 e. The number of carbonyl (C=O) groups is 3. The van der Waals surface area contributed by atoms with Gasteiger partial charge in [-0.1, -0.05) is 36.4 Å². The maximum absolute atomic E-state index is 12.3. The van der Waals surface area contributed by atoms with Gasteiger partial charge in [0.05, 0.1) is 12.1 Å². The van der Waals surface area contributed by atoms with Gasteiger partial charge in [0, 0.05) is 20.1 Å². The van der Waals surface area contributed by atoms with Crippen molar-refractivity contribution in [2.45, 2.75) is 19.9 Å². The van der Waals surface area contributed by atoms with E-state index < -0.39 is 5.97 Å². The minimum atomic E-state index is -0.528. The number of esters is 1. The molecular formula is C22H24N2O5. The Morgan fingerprint density at radius 3 is 2.66 bits per heavy atom. The van der Waals surface area contributed by atoms with Crippen LogP contribution in [0.1, 0.15) is 17.5 Å². The molecule has 0 radical (unpaired) electrons. The van der Waals surface area contributed by atoms with Crippen molar-refractivity contribution in [3.05, 3.63) is 59.7 Å². The number of carbonyl (C=O) groups excluding carboxylic acids is 3. The van der Waals surface area contributed by atoms with E-state index in [1.165, 1.54) is 9.80 Å². The zero-order chi connectivity index (χ0) is 20.8. The Morgan fingerprint density at radius 1 is 1.14 bits per heavy atom. The second-order valence-electron chi connectivity index (χ2n) is 6.89. The highest BCUT2D eigenvalue weighted by molar-refractivity contribution is 5.98. The summed E-state index contributed by atoms with van der Waals surface area (Å²) in [5, 5.41) is 0. The Balaban J connectivity index is 1.47. The topological polar surface area (TPSA) is 76.2 Å². The molecule has 7 heteroatoms. The van der Waals surface area contributed by atoms with Gasteiger partial charge in [0.1, 0.15) is 5.75 Å². The van der Waals surface area contributed by atoms with E-state index in [4.69, 9.17) is 9.47 Å². The first-order valence-corrected chi connectivity index (χ1v) is 9.42. The lowest BCUT2D eigenvalue weighted by molar-refractivity contribution is -0.151. The van der Waals surface area contributed by atoms with E-state index in [0.717, 1.165) is 11.1 Å². The molecule has 1 aliphatic rings. The Bertz CT molecular complexity index is 912. The predicted molar refractivity (Wildman–Crippen MR) is 108 cm³/mol. The van der Waals surface area contributed by atoms with Crippen molar-refractivity contribution >= 4 is 23.5 Å². The minimum Gasteiger partial charge on any atom is -0.482 e. The third kappa shape index (κ3) is 5.13. The molecule has 0 atom stereocenters. The third-order valence-corrected chi connectivity index (χ3v) is 4.80. The number of benzene rings is 2. The van der Waals surface area contributed by atoms with Gasteiger partial charge in [0.2, 0.25) is 0 Å². The van der Waals surface area contributed by atoms with E-state index >= 15 is 0 Å². The number of ether oxygens (including phenoxy) is 2. The van der Waals surface area contributed by atoms with Crippen molar-refractivity contribution in [2.24, 2.45) is 0 Å². The van der Waals surface area contributed by atoms with Crippen LogP contribution in [0, 0.1) is 6.92 Å². The number of anilines is 1. The lowest BCUT2D eigenvalue weighted by Crippen LogP contribution is -2.40. The van der Waals surface area contributed by atoms with Gasteiger partial charge in [-0.05, 0) is 30.2 Å². The first-order chi connectivity index (χ1) is 14.0. The average Bonchev–Trinajstić information content (AvgIpc) is 2.72. The van der Waals surface area contributed by atoms with Crippen molar-refractivity contribution in [3.63, 3.8) is 0 Å². The first-order valence-electron chi connectivity index (χ1n) is 9.42. The van der Waals surface area contributed by atoms with Gasteiger partial charge in [-0.15, -0.1) is 0 Å². The van der Waals surface area contributed by atoms with Gasteiger partial charge >= 0.3 is 5.97 Å². The average molecular weight is 396 g/mol. The van der Waals surface area contributed by atoms with Gasteiger partial charge in [0.15, 0.2) is 13.2 Å². The second-order valence-corrected chi connectivity index (χ2v) is 6.89. The summed E-state index contributed by atoms with van der Waals surface area (Å²) in [6, 6.07) is 15.0. The number of hydrogen-bond acceptors (Lipinski definition) is 5. The SMILES string of the molecule is Cc1ccccc1CN(C)C(=O)COC(=O)CCN1C(=O)COc2ccccc21. The fourth-order valence-electron chi connectivity index (χ4n) is 3.06. The minimum absolute atomic E-state index is 0.00510. The second kappa shape index (κ2) is 9.23. The molecule has 2 aromatic carbocycles. The number of fused-ring (bicyclic) bond motifs is 1. The molecular weight excluding hydrogens is 372 g/mol. The van der Waals surface area contributed by atoms with Crippen LogP contribution in [0.2, 0.25) is 0 Å². The highest BCUT2D eigenvalue weighted by atomic mass is 16.5. The molecule has 29 heavy (non-hydrogen) atoms. The Labute approximate surface area is 169 Å². The van der Waals surface area contributed by atoms with Crippen molar-refractivity contribution in [3.8, 4) is 5.75 Å². The molecule has 2 aromatic rings. The van der Waals surface area contributed by atoms with E-state index in [1.54, 1.807) is 25.2 Å². The summed E-state index contributed by atoms with van der Waals surface area (Å²) >= 11 is 0. The summed E-state index contributed by atoms with van der Waals surface area (Å²) < 4.78 is 10.5. The van der Waals surface area contributed by atoms with E-state index in [2.05, 4.69) is 0 Å².